The van der Waals surface area contributed by atoms with Gasteiger partial charge in [0.05, 0.1) is 24.3 Å². The van der Waals surface area contributed by atoms with Gasteiger partial charge in [-0.3, -0.25) is 5.10 Å². The van der Waals surface area contributed by atoms with Gasteiger partial charge in [-0.25, -0.2) is 4.85 Å². The molecule has 7 heteroatoms. The Kier molecular flexibility index (Phi) is 4.73. The Balaban J connectivity index is 1.86. The summed E-state index contributed by atoms with van der Waals surface area (Å²) in [4.78, 5) is 6.29. The Morgan fingerprint density at radius 3 is 2.81 bits per heavy atom. The van der Waals surface area contributed by atoms with Crippen LogP contribution in [0.25, 0.3) is 4.85 Å². The number of nitrogens with zero attached hydrogens (tertiary/aromatic N) is 4. The first-order valence-electron chi connectivity index (χ1n) is 8.93. The molecule has 1 aromatic carbocycles. The number of nitriles is 1. The van der Waals surface area contributed by atoms with E-state index < -0.39 is 0 Å². The summed E-state index contributed by atoms with van der Waals surface area (Å²) < 4.78 is 0.746. The van der Waals surface area contributed by atoms with Crippen LogP contribution in [0.3, 0.4) is 0 Å². The average molecular weight is 423 g/mol. The minimum absolute atomic E-state index is 0.241. The van der Waals surface area contributed by atoms with Crippen LogP contribution in [0.5, 0.6) is 0 Å². The van der Waals surface area contributed by atoms with Crippen molar-refractivity contribution in [2.75, 3.05) is 25.5 Å². The predicted octanol–water partition coefficient (Wildman–Crippen LogP) is 4.07. The van der Waals surface area contributed by atoms with Crippen molar-refractivity contribution < 1.29 is 0 Å². The van der Waals surface area contributed by atoms with Gasteiger partial charge in [-0.1, -0.05) is 12.1 Å². The van der Waals surface area contributed by atoms with E-state index in [9.17, 15) is 5.26 Å². The first-order valence-corrected chi connectivity index (χ1v) is 9.72. The van der Waals surface area contributed by atoms with Gasteiger partial charge in [-0.15, -0.1) is 0 Å². The number of piperidine rings is 1. The molecule has 3 heterocycles. The summed E-state index contributed by atoms with van der Waals surface area (Å²) in [5.74, 6) is 0.924. The Labute approximate surface area is 166 Å². The maximum atomic E-state index is 9.41. The molecule has 1 unspecified atom stereocenters. The first-order chi connectivity index (χ1) is 13.1. The molecule has 1 fully saturated rings. The number of aromatic nitrogens is 2. The van der Waals surface area contributed by atoms with Crippen LogP contribution in [0, 0.1) is 23.8 Å². The van der Waals surface area contributed by atoms with Crippen molar-refractivity contribution in [3.8, 4) is 6.07 Å². The van der Waals surface area contributed by atoms with Crippen molar-refractivity contribution in [3.05, 3.63) is 68.4 Å². The number of hydrogen-bond donors (Lipinski definition) is 2. The fourth-order valence-electron chi connectivity index (χ4n) is 4.02. The molecule has 1 saturated heterocycles. The highest BCUT2D eigenvalue weighted by Crippen LogP contribution is 2.46. The van der Waals surface area contributed by atoms with E-state index in [0.717, 1.165) is 53.0 Å². The van der Waals surface area contributed by atoms with Gasteiger partial charge in [0.15, 0.2) is 5.70 Å². The zero-order valence-electron chi connectivity index (χ0n) is 15.0. The highest BCUT2D eigenvalue weighted by Gasteiger charge is 2.36. The minimum Gasteiger partial charge on any atom is -0.354 e. The van der Waals surface area contributed by atoms with Crippen LogP contribution in [0.4, 0.5) is 5.82 Å². The monoisotopic (exact) mass is 422 g/mol. The molecule has 0 saturated carbocycles. The highest BCUT2D eigenvalue weighted by molar-refractivity contribution is 9.10. The number of nitrogens with one attached hydrogen (secondary N) is 2. The average Bonchev–Trinajstić information content (AvgIpc) is 3.16. The van der Waals surface area contributed by atoms with E-state index in [0.29, 0.717) is 17.2 Å². The summed E-state index contributed by atoms with van der Waals surface area (Å²) in [7, 11) is 2.13. The molecular weight excluding hydrogens is 404 g/mol. The van der Waals surface area contributed by atoms with Crippen LogP contribution >= 0.6 is 15.9 Å². The molecule has 0 spiro atoms. The standard InChI is InChI=1S/C20H19BrN6/c1-23-19-16(14-5-3-4-13(10-22)17(14)21)15-11-24-26-20(15)25-18(19)12-6-8-27(2)9-7-12/h3-5,11-12,16H,6-9H2,2H3,(H2,24,25,26). The number of rotatable bonds is 2. The Morgan fingerprint density at radius 1 is 1.33 bits per heavy atom. The molecule has 0 amide bonds. The maximum absolute atomic E-state index is 9.41. The largest absolute Gasteiger partial charge is 0.354 e. The topological polar surface area (TPSA) is 72.1 Å². The maximum Gasteiger partial charge on any atom is 0.196 e. The third kappa shape index (κ3) is 3.03. The smallest absolute Gasteiger partial charge is 0.196 e. The molecule has 27 heavy (non-hydrogen) atoms. The number of benzene rings is 1. The zero-order valence-corrected chi connectivity index (χ0v) is 16.5. The summed E-state index contributed by atoms with van der Waals surface area (Å²) in [5.41, 5.74) is 4.13. The fraction of sp³-hybridized carbons (Fsp3) is 0.350. The lowest BCUT2D eigenvalue weighted by Crippen LogP contribution is -2.34. The van der Waals surface area contributed by atoms with Gasteiger partial charge in [0.25, 0.3) is 0 Å². The van der Waals surface area contributed by atoms with E-state index in [4.69, 9.17) is 6.57 Å². The molecule has 0 radical (unpaired) electrons. The van der Waals surface area contributed by atoms with Gasteiger partial charge >= 0.3 is 0 Å². The molecule has 136 valence electrons. The van der Waals surface area contributed by atoms with Crippen molar-refractivity contribution >= 4 is 21.7 Å². The van der Waals surface area contributed by atoms with Crippen LogP contribution in [0.15, 0.2) is 40.3 Å². The normalized spacial score (nSPS) is 20.5. The minimum atomic E-state index is -0.241. The second-order valence-electron chi connectivity index (χ2n) is 7.07. The SMILES string of the molecule is [C-]#[N+]C1=C(C2CCN(C)CC2)Nc2[nH]ncc2C1c1cccc(C#N)c1Br. The molecule has 6 nitrogen and oxygen atoms in total. The Hall–Kier alpha value is -2.61. The zero-order chi connectivity index (χ0) is 19.0. The Morgan fingerprint density at radius 2 is 2.11 bits per heavy atom. The van der Waals surface area contributed by atoms with Crippen molar-refractivity contribution in [2.45, 2.75) is 18.8 Å². The number of anilines is 1. The van der Waals surface area contributed by atoms with E-state index in [-0.39, 0.29) is 5.92 Å². The number of aromatic amines is 1. The number of allylic oxidation sites excluding steroid dienone is 2. The highest BCUT2D eigenvalue weighted by atomic mass is 79.9. The molecule has 2 N–H and O–H groups in total. The van der Waals surface area contributed by atoms with E-state index in [2.05, 4.69) is 54.3 Å². The second kappa shape index (κ2) is 7.19. The summed E-state index contributed by atoms with van der Waals surface area (Å²) in [5, 5.41) is 20.1. The Bertz CT molecular complexity index is 985. The lowest BCUT2D eigenvalue weighted by molar-refractivity contribution is 0.238. The summed E-state index contributed by atoms with van der Waals surface area (Å²) in [6.45, 7) is 9.98. The summed E-state index contributed by atoms with van der Waals surface area (Å²) in [6.07, 6.45) is 3.82. The third-order valence-electron chi connectivity index (χ3n) is 5.50. The quantitative estimate of drug-likeness (QED) is 0.715. The van der Waals surface area contributed by atoms with Gasteiger partial charge in [0.1, 0.15) is 11.9 Å². The lowest BCUT2D eigenvalue weighted by Gasteiger charge is -2.35. The predicted molar refractivity (Wildman–Crippen MR) is 107 cm³/mol. The molecule has 0 bridgehead atoms. The van der Waals surface area contributed by atoms with Crippen LogP contribution in [0.2, 0.25) is 0 Å². The van der Waals surface area contributed by atoms with E-state index in [1.54, 1.807) is 12.3 Å². The molecule has 4 rings (SSSR count). The number of H-pyrrole nitrogens is 1. The molecule has 1 atom stereocenters. The fourth-order valence-corrected chi connectivity index (χ4v) is 4.61. The van der Waals surface area contributed by atoms with Gasteiger partial charge in [0, 0.05) is 15.7 Å². The summed E-state index contributed by atoms with van der Waals surface area (Å²) in [6, 6.07) is 7.86. The first kappa shape index (κ1) is 17.8. The van der Waals surface area contributed by atoms with Crippen LogP contribution < -0.4 is 5.32 Å². The number of fused-ring (bicyclic) bond motifs is 1. The van der Waals surface area contributed by atoms with Crippen molar-refractivity contribution in [3.63, 3.8) is 0 Å². The molecular formula is C20H19BrN6. The van der Waals surface area contributed by atoms with Crippen LogP contribution in [-0.4, -0.2) is 35.2 Å². The van der Waals surface area contributed by atoms with E-state index in [1.165, 1.54) is 0 Å². The van der Waals surface area contributed by atoms with E-state index >= 15 is 0 Å². The molecule has 2 aliphatic heterocycles. The molecule has 1 aromatic heterocycles. The number of likely N-dealkylation sites (tertiary alicyclic amines) is 1. The van der Waals surface area contributed by atoms with Crippen LogP contribution in [0.1, 0.15) is 35.4 Å². The molecule has 2 aliphatic rings. The van der Waals surface area contributed by atoms with Gasteiger partial charge in [0.2, 0.25) is 0 Å². The van der Waals surface area contributed by atoms with Crippen molar-refractivity contribution in [1.29, 1.82) is 5.26 Å². The second-order valence-corrected chi connectivity index (χ2v) is 7.86. The van der Waals surface area contributed by atoms with Crippen LogP contribution in [-0.2, 0) is 0 Å². The van der Waals surface area contributed by atoms with E-state index in [1.807, 2.05) is 12.1 Å². The number of halogens is 1. The molecule has 0 aliphatic carbocycles. The summed E-state index contributed by atoms with van der Waals surface area (Å²) >= 11 is 3.59. The van der Waals surface area contributed by atoms with Gasteiger partial charge < -0.3 is 10.2 Å². The third-order valence-corrected chi connectivity index (χ3v) is 6.38. The molecule has 2 aromatic rings. The lowest BCUT2D eigenvalue weighted by atomic mass is 9.81. The number of hydrogen-bond acceptors (Lipinski definition) is 4. The van der Waals surface area contributed by atoms with Crippen molar-refractivity contribution in [2.24, 2.45) is 5.92 Å². The van der Waals surface area contributed by atoms with Gasteiger partial charge in [-0.2, -0.15) is 10.4 Å². The van der Waals surface area contributed by atoms with Crippen molar-refractivity contribution in [1.82, 2.24) is 15.1 Å². The van der Waals surface area contributed by atoms with Gasteiger partial charge in [-0.05, 0) is 66.5 Å².